The molecule has 3 heteroatoms. The second-order valence-electron chi connectivity index (χ2n) is 7.53. The maximum absolute atomic E-state index is 12.9. The van der Waals surface area contributed by atoms with Crippen molar-refractivity contribution in [2.24, 2.45) is 10.9 Å². The lowest BCUT2D eigenvalue weighted by Gasteiger charge is -2.33. The lowest BCUT2D eigenvalue weighted by atomic mass is 9.73. The summed E-state index contributed by atoms with van der Waals surface area (Å²) in [5.41, 5.74) is 6.25. The van der Waals surface area contributed by atoms with E-state index >= 15 is 0 Å². The first-order valence-corrected chi connectivity index (χ1v) is 10.2. The van der Waals surface area contributed by atoms with Crippen LogP contribution in [0.5, 0.6) is 0 Å². The second kappa shape index (κ2) is 8.91. The first-order valence-electron chi connectivity index (χ1n) is 10.2. The number of rotatable bonds is 5. The van der Waals surface area contributed by atoms with Gasteiger partial charge in [0.25, 0.3) is 0 Å². The van der Waals surface area contributed by atoms with Gasteiger partial charge in [-0.05, 0) is 29.2 Å². The van der Waals surface area contributed by atoms with Gasteiger partial charge in [0, 0.05) is 23.7 Å². The Morgan fingerprint density at radius 3 is 2.03 bits per heavy atom. The summed E-state index contributed by atoms with van der Waals surface area (Å²) in [4.78, 5) is 17.8. The molecule has 0 bridgehead atoms. The molecule has 1 aliphatic rings. The van der Waals surface area contributed by atoms with Gasteiger partial charge in [-0.2, -0.15) is 0 Å². The van der Waals surface area contributed by atoms with Gasteiger partial charge in [0.1, 0.15) is 5.92 Å². The van der Waals surface area contributed by atoms with E-state index in [-0.39, 0.29) is 11.9 Å². The van der Waals surface area contributed by atoms with Crippen LogP contribution in [-0.2, 0) is 16.0 Å². The number of hydrogen-bond donors (Lipinski definition) is 0. The van der Waals surface area contributed by atoms with Gasteiger partial charge >= 0.3 is 5.97 Å². The fraction of sp³-hybridized carbons (Fsp3) is 0.185. The summed E-state index contributed by atoms with van der Waals surface area (Å²) in [6.45, 7) is 1.93. The van der Waals surface area contributed by atoms with Crippen LogP contribution >= 0.6 is 0 Å². The molecule has 2 unspecified atom stereocenters. The van der Waals surface area contributed by atoms with E-state index in [1.54, 1.807) is 0 Å². The van der Waals surface area contributed by atoms with E-state index in [4.69, 9.17) is 9.73 Å². The van der Waals surface area contributed by atoms with Gasteiger partial charge in [-0.15, -0.1) is 0 Å². The van der Waals surface area contributed by atoms with Crippen LogP contribution in [0.4, 0.5) is 0 Å². The van der Waals surface area contributed by atoms with Crippen LogP contribution in [0.1, 0.15) is 29.5 Å². The maximum Gasteiger partial charge on any atom is 0.315 e. The molecule has 0 aliphatic carbocycles. The summed E-state index contributed by atoms with van der Waals surface area (Å²) in [6, 6.07) is 30.8. The van der Waals surface area contributed by atoms with E-state index in [1.165, 1.54) is 12.7 Å². The molecule has 0 N–H and O–H groups in total. The summed E-state index contributed by atoms with van der Waals surface area (Å²) in [5.74, 6) is -0.860. The molecule has 1 heterocycles. The molecule has 0 spiro atoms. The highest BCUT2D eigenvalue weighted by Gasteiger charge is 2.40. The normalized spacial score (nSPS) is 18.7. The molecule has 3 aromatic carbocycles. The molecule has 0 radical (unpaired) electrons. The second-order valence-corrected chi connectivity index (χ2v) is 7.53. The monoisotopic (exact) mass is 395 g/mol. The van der Waals surface area contributed by atoms with E-state index in [0.29, 0.717) is 6.42 Å². The Kier molecular flexibility index (Phi) is 5.89. The Morgan fingerprint density at radius 1 is 0.867 bits per heavy atom. The predicted octanol–water partition coefficient (Wildman–Crippen LogP) is 5.69. The number of allylic oxidation sites excluding steroid dienone is 2. The van der Waals surface area contributed by atoms with E-state index < -0.39 is 5.92 Å². The number of ether oxygens (including phenoxy) is 1. The SMILES string of the molecule is COC(=O)C1C(C)=NC(Cc2ccccc2)=C(c2ccccc2)C1c1ccccc1. The van der Waals surface area contributed by atoms with Crippen molar-refractivity contribution in [2.75, 3.05) is 7.11 Å². The van der Waals surface area contributed by atoms with Crippen LogP contribution in [0.3, 0.4) is 0 Å². The minimum atomic E-state index is -0.452. The van der Waals surface area contributed by atoms with Gasteiger partial charge in [0.05, 0.1) is 7.11 Å². The smallest absolute Gasteiger partial charge is 0.315 e. The number of nitrogens with zero attached hydrogens (tertiary/aromatic N) is 1. The fourth-order valence-electron chi connectivity index (χ4n) is 4.27. The van der Waals surface area contributed by atoms with Crippen molar-refractivity contribution in [3.05, 3.63) is 113 Å². The largest absolute Gasteiger partial charge is 0.468 e. The number of methoxy groups -OCH3 is 1. The third kappa shape index (κ3) is 3.97. The topological polar surface area (TPSA) is 38.7 Å². The zero-order chi connectivity index (χ0) is 20.9. The standard InChI is InChI=1S/C27H25NO2/c1-19-24(27(29)30-2)26(22-16-10-5-11-17-22)25(21-14-8-4-9-15-21)23(28-19)18-20-12-6-3-7-13-20/h3-17,24,26H,18H2,1-2H3. The molecule has 1 aliphatic heterocycles. The van der Waals surface area contributed by atoms with Gasteiger partial charge in [-0.1, -0.05) is 91.0 Å². The van der Waals surface area contributed by atoms with Crippen molar-refractivity contribution in [3.63, 3.8) is 0 Å². The lowest BCUT2D eigenvalue weighted by molar-refractivity contribution is -0.143. The Labute approximate surface area is 177 Å². The number of aliphatic imine (C=N–C) groups is 1. The third-order valence-electron chi connectivity index (χ3n) is 5.63. The molecule has 0 saturated heterocycles. The van der Waals surface area contributed by atoms with Crippen molar-refractivity contribution in [2.45, 2.75) is 19.3 Å². The number of esters is 1. The van der Waals surface area contributed by atoms with Gasteiger partial charge in [-0.25, -0.2) is 0 Å². The average molecular weight is 396 g/mol. The zero-order valence-electron chi connectivity index (χ0n) is 17.3. The molecule has 4 rings (SSSR count). The molecule has 0 amide bonds. The summed E-state index contributed by atoms with van der Waals surface area (Å²) >= 11 is 0. The maximum atomic E-state index is 12.9. The summed E-state index contributed by atoms with van der Waals surface area (Å²) < 4.78 is 5.21. The van der Waals surface area contributed by atoms with Gasteiger partial charge in [-0.3, -0.25) is 9.79 Å². The highest BCUT2D eigenvalue weighted by molar-refractivity contribution is 6.06. The van der Waals surface area contributed by atoms with E-state index in [1.807, 2.05) is 61.5 Å². The predicted molar refractivity (Wildman–Crippen MR) is 121 cm³/mol. The number of hydrogen-bond acceptors (Lipinski definition) is 3. The number of carbonyl (C=O) groups excluding carboxylic acids is 1. The summed E-state index contributed by atoms with van der Waals surface area (Å²) in [7, 11) is 1.45. The number of carbonyl (C=O) groups is 1. The Balaban J connectivity index is 1.95. The summed E-state index contributed by atoms with van der Waals surface area (Å²) in [6.07, 6.45) is 0.708. The first-order chi connectivity index (χ1) is 14.7. The minimum absolute atomic E-state index is 0.155. The molecule has 0 fully saturated rings. The molecule has 150 valence electrons. The van der Waals surface area contributed by atoms with Gasteiger partial charge < -0.3 is 4.74 Å². The minimum Gasteiger partial charge on any atom is -0.468 e. The van der Waals surface area contributed by atoms with Crippen LogP contribution in [0.25, 0.3) is 5.57 Å². The van der Waals surface area contributed by atoms with E-state index in [9.17, 15) is 4.79 Å². The highest BCUT2D eigenvalue weighted by Crippen LogP contribution is 2.45. The lowest BCUT2D eigenvalue weighted by Crippen LogP contribution is -2.33. The molecule has 30 heavy (non-hydrogen) atoms. The van der Waals surface area contributed by atoms with Crippen molar-refractivity contribution in [1.82, 2.24) is 0 Å². The van der Waals surface area contributed by atoms with Gasteiger partial charge in [0.2, 0.25) is 0 Å². The molecular weight excluding hydrogens is 370 g/mol. The van der Waals surface area contributed by atoms with Crippen LogP contribution in [0.15, 0.2) is 102 Å². The van der Waals surface area contributed by atoms with Crippen molar-refractivity contribution in [1.29, 1.82) is 0 Å². The molecular formula is C27H25NO2. The number of benzene rings is 3. The molecule has 0 saturated carbocycles. The molecule has 3 nitrogen and oxygen atoms in total. The fourth-order valence-corrected chi connectivity index (χ4v) is 4.27. The van der Waals surface area contributed by atoms with Crippen molar-refractivity contribution in [3.8, 4) is 0 Å². The van der Waals surface area contributed by atoms with Crippen LogP contribution < -0.4 is 0 Å². The van der Waals surface area contributed by atoms with Crippen LogP contribution in [-0.4, -0.2) is 18.8 Å². The third-order valence-corrected chi connectivity index (χ3v) is 5.63. The highest BCUT2D eigenvalue weighted by atomic mass is 16.5. The van der Waals surface area contributed by atoms with Crippen molar-refractivity contribution >= 4 is 17.3 Å². The first kappa shape index (κ1) is 19.8. The Hall–Kier alpha value is -3.46. The molecule has 2 atom stereocenters. The Morgan fingerprint density at radius 2 is 1.43 bits per heavy atom. The molecule has 3 aromatic rings. The van der Waals surface area contributed by atoms with Gasteiger partial charge in [0.15, 0.2) is 0 Å². The molecule has 0 aromatic heterocycles. The Bertz CT molecular complexity index is 1070. The quantitative estimate of drug-likeness (QED) is 0.521. The van der Waals surface area contributed by atoms with Crippen LogP contribution in [0, 0.1) is 5.92 Å². The van der Waals surface area contributed by atoms with Crippen molar-refractivity contribution < 1.29 is 9.53 Å². The van der Waals surface area contributed by atoms with E-state index in [2.05, 4.69) is 36.4 Å². The van der Waals surface area contributed by atoms with E-state index in [0.717, 1.165) is 28.1 Å². The van der Waals surface area contributed by atoms with Crippen LogP contribution in [0.2, 0.25) is 0 Å². The average Bonchev–Trinajstić information content (AvgIpc) is 2.80. The zero-order valence-corrected chi connectivity index (χ0v) is 17.3. The summed E-state index contributed by atoms with van der Waals surface area (Å²) in [5, 5.41) is 0.